The first-order valence-electron chi connectivity index (χ1n) is 44.7. The van der Waals surface area contributed by atoms with Crippen LogP contribution < -0.4 is 58.3 Å². The van der Waals surface area contributed by atoms with Crippen molar-refractivity contribution in [3.8, 4) is 90.5 Å². The van der Waals surface area contributed by atoms with Gasteiger partial charge in [0.1, 0.15) is 46.0 Å². The number of methoxy groups -OCH3 is 4. The zero-order chi connectivity index (χ0) is 105. The Hall–Kier alpha value is -13.6. The third kappa shape index (κ3) is 30.2. The molecule has 4 N–H and O–H groups in total. The summed E-state index contributed by atoms with van der Waals surface area (Å²) in [5, 5.41) is 26.8. The number of fused-ring (bicyclic) bond motifs is 4. The lowest BCUT2D eigenvalue weighted by Gasteiger charge is -2.41. The summed E-state index contributed by atoms with van der Waals surface area (Å²) < 4.78 is 363. The van der Waals surface area contributed by atoms with Crippen molar-refractivity contribution in [1.29, 1.82) is 0 Å². The number of β-amino-alcohol motifs (C(OH)–C–C–N with tert-alkyl or cyclic N) is 2. The van der Waals surface area contributed by atoms with Crippen molar-refractivity contribution in [2.24, 2.45) is 0 Å². The lowest BCUT2D eigenvalue weighted by molar-refractivity contribution is -0.253. The van der Waals surface area contributed by atoms with Crippen LogP contribution >= 0.6 is 0 Å². The fourth-order valence-electron chi connectivity index (χ4n) is 17.2. The van der Waals surface area contributed by atoms with Gasteiger partial charge in [-0.25, -0.2) is 0 Å². The van der Waals surface area contributed by atoms with E-state index in [1.165, 1.54) is 84.7 Å². The predicted octanol–water partition coefficient (Wildman–Crippen LogP) is 30.9. The van der Waals surface area contributed by atoms with Gasteiger partial charge in [-0.1, -0.05) is 175 Å². The topological polar surface area (TPSA) is 157 Å². The molecular formula is C109H109F25N4O11. The number of epoxide rings is 1. The molecule has 5 heterocycles. The molecule has 17 rings (SSSR count). The molecule has 0 radical (unpaired) electrons. The average Bonchev–Trinajstić information content (AvgIpc) is 1.27. The minimum Gasteiger partial charge on any atom is -0.497 e. The summed E-state index contributed by atoms with van der Waals surface area (Å²) >= 11 is 0. The highest BCUT2D eigenvalue weighted by Gasteiger charge is 2.51. The highest BCUT2D eigenvalue weighted by atomic mass is 19.4. The fraction of sp³-hybridized carbons (Fsp3) is 0.339. The van der Waals surface area contributed by atoms with Crippen molar-refractivity contribution in [1.82, 2.24) is 0 Å². The van der Waals surface area contributed by atoms with Crippen LogP contribution in [0.2, 0.25) is 0 Å². The lowest BCUT2D eigenvalue weighted by atomic mass is 9.86. The normalized spacial score (nSPS) is 16.6. The maximum atomic E-state index is 13.5. The molecule has 7 unspecified atom stereocenters. The first kappa shape index (κ1) is 119. The van der Waals surface area contributed by atoms with Crippen molar-refractivity contribution < 1.29 is 163 Å². The molecule has 1 saturated heterocycles. The number of anilines is 4. The van der Waals surface area contributed by atoms with Gasteiger partial charge in [0.15, 0.2) is 18.3 Å². The molecule has 0 saturated carbocycles. The number of rotatable bonds is 28. The van der Waals surface area contributed by atoms with Gasteiger partial charge in [-0.15, -0.1) is 0 Å². The molecule has 0 aliphatic carbocycles. The van der Waals surface area contributed by atoms with Crippen LogP contribution in [-0.4, -0.2) is 145 Å². The molecule has 149 heavy (non-hydrogen) atoms. The minimum absolute atomic E-state index is 0. The van der Waals surface area contributed by atoms with Crippen LogP contribution in [0.25, 0.3) is 44.5 Å². The van der Waals surface area contributed by atoms with E-state index in [0.717, 1.165) is 127 Å². The zero-order valence-electron chi connectivity index (χ0n) is 76.9. The first-order valence-corrected chi connectivity index (χ1v) is 44.7. The monoisotopic (exact) mass is 2120 g/mol. The van der Waals surface area contributed by atoms with Gasteiger partial charge in [-0.3, -0.25) is 0 Å². The van der Waals surface area contributed by atoms with Gasteiger partial charge >= 0.3 is 68.7 Å². The third-order valence-corrected chi connectivity index (χ3v) is 24.1. The molecule has 7 atom stereocenters. The number of nitrogens with zero attached hydrogens (tertiary/aromatic N) is 2. The molecule has 0 aromatic heterocycles. The molecule has 1 fully saturated rings. The number of aliphatic hydroxyl groups excluding tert-OH is 2. The average molecular weight is 2130 g/mol. The Morgan fingerprint density at radius 3 is 0.805 bits per heavy atom. The molecule has 15 nitrogen and oxygen atoms in total. The van der Waals surface area contributed by atoms with Crippen LogP contribution in [0.1, 0.15) is 124 Å². The van der Waals surface area contributed by atoms with E-state index in [1.807, 2.05) is 97.1 Å². The second kappa shape index (κ2) is 50.6. The van der Waals surface area contributed by atoms with Crippen LogP contribution in [-0.2, 0) is 30.4 Å². The summed E-state index contributed by atoms with van der Waals surface area (Å²) in [5.74, 6) is 1.04. The third-order valence-electron chi connectivity index (χ3n) is 24.1. The molecule has 0 bridgehead atoms. The van der Waals surface area contributed by atoms with Crippen molar-refractivity contribution in [2.45, 2.75) is 192 Å². The van der Waals surface area contributed by atoms with Crippen LogP contribution in [0.3, 0.4) is 0 Å². The number of ether oxygens (including phenoxy) is 9. The van der Waals surface area contributed by atoms with Crippen LogP contribution in [0.4, 0.5) is 133 Å². The van der Waals surface area contributed by atoms with Gasteiger partial charge in [0.2, 0.25) is 0 Å². The maximum Gasteiger partial charge on any atom is 0.461 e. The van der Waals surface area contributed by atoms with Gasteiger partial charge in [0.05, 0.1) is 72.3 Å². The summed E-state index contributed by atoms with van der Waals surface area (Å²) in [6.07, 6.45) is -51.0. The Kier molecular flexibility index (Phi) is 40.4. The summed E-state index contributed by atoms with van der Waals surface area (Å²) in [5.41, 5.74) is 15.8. The number of aliphatic hydroxyl groups is 2. The number of hydrogen-bond donors (Lipinski definition) is 4. The quantitative estimate of drug-likeness (QED) is 0.0271. The van der Waals surface area contributed by atoms with E-state index >= 15 is 0 Å². The Morgan fingerprint density at radius 1 is 0.309 bits per heavy atom. The second-order valence-electron chi connectivity index (χ2n) is 33.7. The van der Waals surface area contributed by atoms with E-state index in [9.17, 15) is 120 Å². The highest BCUT2D eigenvalue weighted by molar-refractivity contribution is 5.81. The second-order valence-corrected chi connectivity index (χ2v) is 33.7. The smallest absolute Gasteiger partial charge is 0.461 e. The van der Waals surface area contributed by atoms with E-state index in [2.05, 4.69) is 46.5 Å². The Labute approximate surface area is 844 Å². The lowest BCUT2D eigenvalue weighted by Crippen LogP contribution is -2.44. The molecule has 5 aliphatic heterocycles. The molecular weight excluding hydrogens is 2020 g/mol. The number of hydrogen-bond acceptors (Lipinski definition) is 15. The SMILES string of the molecule is C.C.C.C.COc1cccc(-c2cccc3c2CCC(c2cccc(OC(F)(F)C(F)F)c2)N3)c1.COc1cccc(-c2cccc3c2CCC(c2cccc(OC(F)(F)C(F)F)c2)N3)c1.COc1cccc(-c2cccc3c2CCC(c2cccc(OC(F)(F)C(F)F)c2)N3CC(O)C(F)(F)F)c1.COc1cccc(-c2cccc3c2CCC(c2cccc(OC(F)(F)C(F)F)c2)N3CC(O)C(F)(F)F)c1.FC(F)(F)C1CO1. The van der Waals surface area contributed by atoms with E-state index < -0.39 is 124 Å². The zero-order valence-corrected chi connectivity index (χ0v) is 76.9. The van der Waals surface area contributed by atoms with Crippen LogP contribution in [0.5, 0.6) is 46.0 Å². The van der Waals surface area contributed by atoms with Crippen molar-refractivity contribution >= 4 is 22.7 Å². The van der Waals surface area contributed by atoms with Crippen molar-refractivity contribution in [2.75, 3.05) is 68.6 Å². The Morgan fingerprint density at radius 2 is 0.550 bits per heavy atom. The predicted molar refractivity (Wildman–Crippen MR) is 519 cm³/mol. The summed E-state index contributed by atoms with van der Waals surface area (Å²) in [7, 11) is 6.28. The van der Waals surface area contributed by atoms with Gasteiger partial charge < -0.3 is 73.3 Å². The van der Waals surface area contributed by atoms with Crippen LogP contribution in [0.15, 0.2) is 267 Å². The van der Waals surface area contributed by atoms with E-state index in [-0.39, 0.29) is 83.9 Å². The summed E-state index contributed by atoms with van der Waals surface area (Å²) in [6, 6.07) is 72.0. The standard InChI is InChI=1S/2C27H24F7NO3.2C24H21F4NO2.C3H3F3O.4CH4/c2*1-37-18-7-2-5-16(13-18)20-9-4-10-23-21(20)11-12-22(35(23)15-24(36)26(30,31)32)17-6-3-8-19(14-17)38-27(33,34)25(28)29;2*1-30-17-7-2-5-15(13-17)19-9-4-10-22-20(19)11-12-21(29-22)16-6-3-8-18(14-16)31-24(27,28)23(25)26;4-3(5,6)2-1-7-2;;;;/h2*2-10,13-14,22,24-25,36H,11-12,15H2,1H3;2*2-10,13-14,21,23,29H,11-12H2,1H3;2H,1H2;4*1H4. The van der Waals surface area contributed by atoms with Crippen LogP contribution in [0, 0.1) is 0 Å². The number of benzene rings is 12. The molecule has 0 spiro atoms. The maximum absolute atomic E-state index is 13.5. The Bertz CT molecular complexity index is 5990. The summed E-state index contributed by atoms with van der Waals surface area (Å²) in [4.78, 5) is 2.73. The first-order chi connectivity index (χ1) is 68.6. The molecule has 40 heteroatoms. The number of nitrogens with one attached hydrogen (secondary N) is 2. The minimum atomic E-state index is -4.91. The van der Waals surface area contributed by atoms with Gasteiger partial charge in [-0.05, 0) is 262 Å². The molecule has 0 amide bonds. The fourth-order valence-corrected chi connectivity index (χ4v) is 17.2. The highest BCUT2D eigenvalue weighted by Crippen LogP contribution is 2.50. The van der Waals surface area contributed by atoms with Crippen molar-refractivity contribution in [3.05, 3.63) is 311 Å². The van der Waals surface area contributed by atoms with Gasteiger partial charge in [-0.2, -0.15) is 110 Å². The van der Waals surface area contributed by atoms with Gasteiger partial charge in [0.25, 0.3) is 0 Å². The largest absolute Gasteiger partial charge is 0.497 e. The molecule has 806 valence electrons. The Balaban J connectivity index is 0.000000214. The molecule has 12 aromatic rings. The molecule has 12 aromatic carbocycles. The van der Waals surface area contributed by atoms with E-state index in [0.29, 0.717) is 59.7 Å². The number of halogens is 25. The van der Waals surface area contributed by atoms with Gasteiger partial charge in [0, 0.05) is 22.7 Å². The summed E-state index contributed by atoms with van der Waals surface area (Å²) in [6.45, 7) is -1.81. The number of alkyl halides is 25. The van der Waals surface area contributed by atoms with E-state index in [1.54, 1.807) is 87.0 Å². The molecule has 5 aliphatic rings. The van der Waals surface area contributed by atoms with E-state index in [4.69, 9.17) is 18.9 Å². The van der Waals surface area contributed by atoms with Crippen molar-refractivity contribution in [3.63, 3.8) is 0 Å².